The molecule has 0 atom stereocenters. The van der Waals surface area contributed by atoms with Crippen molar-refractivity contribution in [2.45, 2.75) is 10.6 Å². The van der Waals surface area contributed by atoms with E-state index in [9.17, 15) is 4.79 Å². The minimum Gasteiger partial charge on any atom is -0.352 e. The first kappa shape index (κ1) is 20.8. The molecule has 8 heteroatoms. The van der Waals surface area contributed by atoms with Gasteiger partial charge >= 0.3 is 0 Å². The highest BCUT2D eigenvalue weighted by Gasteiger charge is 2.25. The van der Waals surface area contributed by atoms with Crippen LogP contribution in [0.15, 0.2) is 78.1 Å². The lowest BCUT2D eigenvalue weighted by atomic mass is 10.2. The first-order valence-electron chi connectivity index (χ1n) is 10.5. The molecule has 3 aromatic heterocycles. The maximum absolute atomic E-state index is 13.3. The third-order valence-electron chi connectivity index (χ3n) is 5.51. The second-order valence-corrected chi connectivity index (χ2v) is 9.00. The van der Waals surface area contributed by atoms with Crippen LogP contribution in [0.2, 0.25) is 5.02 Å². The highest BCUT2D eigenvalue weighted by Crippen LogP contribution is 2.28. The second kappa shape index (κ2) is 9.22. The lowest BCUT2D eigenvalue weighted by molar-refractivity contribution is 0.0743. The molecule has 0 aliphatic carbocycles. The van der Waals surface area contributed by atoms with E-state index in [4.69, 9.17) is 11.6 Å². The summed E-state index contributed by atoms with van der Waals surface area (Å²) < 4.78 is 2.01. The van der Waals surface area contributed by atoms with Gasteiger partial charge in [0.15, 0.2) is 0 Å². The van der Waals surface area contributed by atoms with Crippen molar-refractivity contribution in [3.8, 4) is 0 Å². The van der Waals surface area contributed by atoms with Gasteiger partial charge in [-0.1, -0.05) is 29.8 Å². The van der Waals surface area contributed by atoms with Gasteiger partial charge in [-0.2, -0.15) is 0 Å². The van der Waals surface area contributed by atoms with Crippen molar-refractivity contribution in [2.75, 3.05) is 31.1 Å². The fraction of sp³-hybridized carbons (Fsp3) is 0.208. The van der Waals surface area contributed by atoms with E-state index in [0.29, 0.717) is 37.0 Å². The quantitative estimate of drug-likeness (QED) is 0.404. The zero-order valence-corrected chi connectivity index (χ0v) is 19.0. The summed E-state index contributed by atoms with van der Waals surface area (Å²) in [5.74, 6) is 1.55. The normalized spacial score (nSPS) is 14.2. The number of hydrogen-bond donors (Lipinski definition) is 0. The number of carbonyl (C=O) groups is 1. The lowest BCUT2D eigenvalue weighted by Gasteiger charge is -2.36. The number of anilines is 1. The second-order valence-electron chi connectivity index (χ2n) is 7.57. The zero-order valence-electron chi connectivity index (χ0n) is 17.4. The molecular weight excluding hydrogens is 442 g/mol. The average molecular weight is 464 g/mol. The van der Waals surface area contributed by atoms with E-state index in [1.807, 2.05) is 76.3 Å². The van der Waals surface area contributed by atoms with Crippen LogP contribution in [-0.4, -0.2) is 51.4 Å². The van der Waals surface area contributed by atoms with Crippen LogP contribution in [0, 0.1) is 0 Å². The van der Waals surface area contributed by atoms with E-state index in [-0.39, 0.29) is 5.91 Å². The molecule has 5 rings (SSSR count). The highest BCUT2D eigenvalue weighted by atomic mass is 35.5. The van der Waals surface area contributed by atoms with Gasteiger partial charge in [-0.3, -0.25) is 4.79 Å². The molecule has 1 aliphatic rings. The van der Waals surface area contributed by atoms with Crippen LogP contribution in [0.5, 0.6) is 0 Å². The van der Waals surface area contributed by atoms with E-state index >= 15 is 0 Å². The Morgan fingerprint density at radius 2 is 1.81 bits per heavy atom. The summed E-state index contributed by atoms with van der Waals surface area (Å²) >= 11 is 7.94. The number of fused-ring (bicyclic) bond motifs is 1. The number of aromatic nitrogens is 3. The number of halogens is 1. The Balaban J connectivity index is 1.26. The minimum absolute atomic E-state index is 0.0647. The van der Waals surface area contributed by atoms with Crippen LogP contribution in [0.4, 0.5) is 5.82 Å². The molecule has 1 aromatic carbocycles. The maximum Gasteiger partial charge on any atom is 0.255 e. The summed E-state index contributed by atoms with van der Waals surface area (Å²) in [4.78, 5) is 27.4. The number of rotatable bonds is 5. The van der Waals surface area contributed by atoms with Crippen molar-refractivity contribution in [2.24, 2.45) is 0 Å². The molecule has 0 radical (unpaired) electrons. The van der Waals surface area contributed by atoms with Crippen molar-refractivity contribution in [3.63, 3.8) is 0 Å². The number of thioether (sulfide) groups is 1. The third-order valence-corrected chi connectivity index (χ3v) is 6.91. The molecule has 1 fully saturated rings. The molecule has 162 valence electrons. The maximum atomic E-state index is 13.3. The van der Waals surface area contributed by atoms with E-state index in [0.717, 1.165) is 27.6 Å². The van der Waals surface area contributed by atoms with E-state index in [2.05, 4.69) is 14.9 Å². The van der Waals surface area contributed by atoms with Gasteiger partial charge in [0.25, 0.3) is 5.91 Å². The molecule has 0 bridgehead atoms. The summed E-state index contributed by atoms with van der Waals surface area (Å²) in [6.45, 7) is 2.69. The first-order valence-corrected chi connectivity index (χ1v) is 11.8. The molecule has 1 aliphatic heterocycles. The van der Waals surface area contributed by atoms with Crippen LogP contribution in [0.3, 0.4) is 0 Å². The van der Waals surface area contributed by atoms with Gasteiger partial charge in [0.2, 0.25) is 0 Å². The van der Waals surface area contributed by atoms with Crippen LogP contribution in [0.25, 0.3) is 5.65 Å². The smallest absolute Gasteiger partial charge is 0.255 e. The van der Waals surface area contributed by atoms with Crippen molar-refractivity contribution in [1.29, 1.82) is 0 Å². The number of carbonyl (C=O) groups excluding carboxylic acids is 1. The Morgan fingerprint density at radius 3 is 2.62 bits per heavy atom. The largest absolute Gasteiger partial charge is 0.352 e. The van der Waals surface area contributed by atoms with Crippen LogP contribution in [-0.2, 0) is 5.75 Å². The Morgan fingerprint density at radius 1 is 1.00 bits per heavy atom. The number of imidazole rings is 1. The number of piperazine rings is 1. The highest BCUT2D eigenvalue weighted by molar-refractivity contribution is 7.98. The molecular formula is C24H22ClN5OS. The summed E-state index contributed by atoms with van der Waals surface area (Å²) in [6, 6.07) is 17.5. The van der Waals surface area contributed by atoms with Gasteiger partial charge in [0.05, 0.1) is 16.3 Å². The summed E-state index contributed by atoms with van der Waals surface area (Å²) in [5.41, 5.74) is 2.66. The van der Waals surface area contributed by atoms with Gasteiger partial charge in [-0.25, -0.2) is 9.97 Å². The summed E-state index contributed by atoms with van der Waals surface area (Å²) in [7, 11) is 0. The molecule has 4 heterocycles. The van der Waals surface area contributed by atoms with Crippen LogP contribution >= 0.6 is 23.4 Å². The minimum atomic E-state index is 0.0647. The molecule has 0 unspecified atom stereocenters. The SMILES string of the molecule is O=C(c1ccccc1SCc1cn2ccccc2n1)N1CCN(c2ncccc2Cl)CC1. The molecule has 4 aromatic rings. The van der Waals surface area contributed by atoms with Gasteiger partial charge in [-0.15, -0.1) is 11.8 Å². The lowest BCUT2D eigenvalue weighted by Crippen LogP contribution is -2.49. The monoisotopic (exact) mass is 463 g/mol. The van der Waals surface area contributed by atoms with Crippen LogP contribution in [0.1, 0.15) is 16.1 Å². The molecule has 32 heavy (non-hydrogen) atoms. The molecule has 0 spiro atoms. The van der Waals surface area contributed by atoms with Gasteiger partial charge in [-0.05, 0) is 36.4 Å². The number of benzene rings is 1. The fourth-order valence-corrected chi connectivity index (χ4v) is 5.05. The molecule has 0 saturated carbocycles. The molecule has 1 amide bonds. The Labute approximate surface area is 195 Å². The Hall–Kier alpha value is -3.03. The first-order chi connectivity index (χ1) is 15.7. The molecule has 0 N–H and O–H groups in total. The van der Waals surface area contributed by atoms with Crippen molar-refractivity contribution in [1.82, 2.24) is 19.3 Å². The predicted molar refractivity (Wildman–Crippen MR) is 129 cm³/mol. The van der Waals surface area contributed by atoms with E-state index in [1.54, 1.807) is 18.0 Å². The molecule has 6 nitrogen and oxygen atoms in total. The summed E-state index contributed by atoms with van der Waals surface area (Å²) in [6.07, 6.45) is 5.77. The molecule has 1 saturated heterocycles. The number of hydrogen-bond acceptors (Lipinski definition) is 5. The summed E-state index contributed by atoms with van der Waals surface area (Å²) in [5, 5.41) is 0.640. The van der Waals surface area contributed by atoms with Gasteiger partial charge in [0, 0.05) is 55.4 Å². The predicted octanol–water partition coefficient (Wildman–Crippen LogP) is 4.64. The van der Waals surface area contributed by atoms with E-state index < -0.39 is 0 Å². The van der Waals surface area contributed by atoms with E-state index in [1.165, 1.54) is 0 Å². The van der Waals surface area contributed by atoms with Gasteiger partial charge in [0.1, 0.15) is 11.5 Å². The number of amides is 1. The third kappa shape index (κ3) is 4.31. The van der Waals surface area contributed by atoms with Gasteiger partial charge < -0.3 is 14.2 Å². The Bertz CT molecular complexity index is 1220. The average Bonchev–Trinajstić information content (AvgIpc) is 3.26. The van der Waals surface area contributed by atoms with Crippen molar-refractivity contribution < 1.29 is 4.79 Å². The van der Waals surface area contributed by atoms with Crippen molar-refractivity contribution >= 4 is 40.7 Å². The number of nitrogens with zero attached hydrogens (tertiary/aromatic N) is 5. The topological polar surface area (TPSA) is 53.7 Å². The van der Waals surface area contributed by atoms with Crippen LogP contribution < -0.4 is 4.90 Å². The fourth-order valence-electron chi connectivity index (χ4n) is 3.88. The van der Waals surface area contributed by atoms with Crippen molar-refractivity contribution in [3.05, 3.63) is 89.5 Å². The number of pyridine rings is 2. The standard InChI is InChI=1S/C24H22ClN5OS/c25-20-7-5-10-26-23(20)28-12-14-29(15-13-28)24(31)19-6-1-2-8-21(19)32-17-18-16-30-11-4-3-9-22(30)27-18/h1-11,16H,12-15,17H2. The zero-order chi connectivity index (χ0) is 21.9. The Kier molecular flexibility index (Phi) is 6.01.